The van der Waals surface area contributed by atoms with E-state index in [2.05, 4.69) is 69.2 Å². The monoisotopic (exact) mass is 603 g/mol. The van der Waals surface area contributed by atoms with Gasteiger partial charge in [-0.2, -0.15) is 0 Å². The molecule has 7 heteroatoms. The molecular weight excluding hydrogens is 562 g/mol. The average molecular weight is 604 g/mol. The van der Waals surface area contributed by atoms with Gasteiger partial charge in [-0.1, -0.05) is 85.6 Å². The van der Waals surface area contributed by atoms with E-state index >= 15 is 0 Å². The maximum atomic E-state index is 14.1. The second kappa shape index (κ2) is 14.5. The number of hydrogen-bond donors (Lipinski definition) is 0. The molecule has 0 saturated carbocycles. The molecule has 2 heterocycles. The fourth-order valence-corrected chi connectivity index (χ4v) is 6.69. The summed E-state index contributed by atoms with van der Waals surface area (Å²) in [5.74, 6) is 0.313. The van der Waals surface area contributed by atoms with Crippen molar-refractivity contribution >= 4 is 17.7 Å². The molecule has 0 bridgehead atoms. The van der Waals surface area contributed by atoms with Crippen molar-refractivity contribution in [3.8, 4) is 12.3 Å². The van der Waals surface area contributed by atoms with Crippen LogP contribution in [-0.4, -0.2) is 67.0 Å². The van der Waals surface area contributed by atoms with E-state index in [1.807, 2.05) is 43.3 Å². The number of carbonyl (C=O) groups is 2. The molecule has 1 saturated heterocycles. The molecule has 2 aliphatic heterocycles. The van der Waals surface area contributed by atoms with Crippen molar-refractivity contribution < 1.29 is 19.1 Å². The van der Waals surface area contributed by atoms with E-state index in [4.69, 9.17) is 15.9 Å². The molecule has 0 aromatic heterocycles. The van der Waals surface area contributed by atoms with Crippen LogP contribution >= 0.6 is 0 Å². The average Bonchev–Trinajstić information content (AvgIpc) is 3.08. The van der Waals surface area contributed by atoms with Gasteiger partial charge < -0.3 is 9.47 Å². The predicted octanol–water partition coefficient (Wildman–Crippen LogP) is 5.98. The molecule has 3 aromatic carbocycles. The van der Waals surface area contributed by atoms with Crippen molar-refractivity contribution in [3.63, 3.8) is 0 Å². The summed E-state index contributed by atoms with van der Waals surface area (Å²) in [7, 11) is 1.35. The topological polar surface area (TPSA) is 71.4 Å². The summed E-state index contributed by atoms with van der Waals surface area (Å²) in [5.41, 5.74) is 5.39. The summed E-state index contributed by atoms with van der Waals surface area (Å²) in [6.07, 6.45) is 5.90. The molecule has 0 radical (unpaired) electrons. The number of hydrogen-bond acceptors (Lipinski definition) is 7. The summed E-state index contributed by atoms with van der Waals surface area (Å²) in [6, 6.07) is 28.7. The van der Waals surface area contributed by atoms with Gasteiger partial charge in [-0.25, -0.2) is 4.79 Å². The molecule has 5 rings (SSSR count). The van der Waals surface area contributed by atoms with Gasteiger partial charge in [-0.05, 0) is 49.1 Å². The molecule has 1 fully saturated rings. The number of terminal acetylenes is 1. The number of rotatable bonds is 9. The Morgan fingerprint density at radius 2 is 1.51 bits per heavy atom. The molecule has 3 atom stereocenters. The summed E-state index contributed by atoms with van der Waals surface area (Å²) >= 11 is 0. The SMILES string of the molecule is C#Cc1cccc(C2C(C(=O)OC(CC)N3CCN(C(c4ccccc4)c4ccccc4)CC3)=C(C)N=C(C)C2C(=O)OC)c1. The van der Waals surface area contributed by atoms with Crippen molar-refractivity contribution in [1.29, 1.82) is 0 Å². The van der Waals surface area contributed by atoms with E-state index in [0.29, 0.717) is 29.0 Å². The molecule has 2 aliphatic rings. The van der Waals surface area contributed by atoms with Crippen LogP contribution in [0.4, 0.5) is 0 Å². The van der Waals surface area contributed by atoms with E-state index in [-0.39, 0.29) is 6.04 Å². The highest BCUT2D eigenvalue weighted by Crippen LogP contribution is 2.41. The van der Waals surface area contributed by atoms with Gasteiger partial charge in [-0.15, -0.1) is 6.42 Å². The van der Waals surface area contributed by atoms with Crippen LogP contribution in [0.5, 0.6) is 0 Å². The van der Waals surface area contributed by atoms with E-state index in [1.165, 1.54) is 18.2 Å². The van der Waals surface area contributed by atoms with Gasteiger partial charge in [0.2, 0.25) is 0 Å². The lowest BCUT2D eigenvalue weighted by atomic mass is 9.75. The smallest absolute Gasteiger partial charge is 0.338 e. The number of carbonyl (C=O) groups excluding carboxylic acids is 2. The van der Waals surface area contributed by atoms with Gasteiger partial charge in [0.15, 0.2) is 6.23 Å². The van der Waals surface area contributed by atoms with Gasteiger partial charge in [0.25, 0.3) is 0 Å². The van der Waals surface area contributed by atoms with Crippen molar-refractivity contribution in [2.75, 3.05) is 33.3 Å². The van der Waals surface area contributed by atoms with E-state index in [9.17, 15) is 9.59 Å². The van der Waals surface area contributed by atoms with Crippen LogP contribution in [0.2, 0.25) is 0 Å². The molecule has 0 N–H and O–H groups in total. The fourth-order valence-electron chi connectivity index (χ4n) is 6.69. The van der Waals surface area contributed by atoms with Gasteiger partial charge in [-0.3, -0.25) is 19.6 Å². The van der Waals surface area contributed by atoms with Crippen LogP contribution < -0.4 is 0 Å². The van der Waals surface area contributed by atoms with Crippen molar-refractivity contribution in [2.24, 2.45) is 10.9 Å². The zero-order chi connectivity index (χ0) is 31.9. The molecular formula is C38H41N3O4. The third-order valence-electron chi connectivity index (χ3n) is 8.86. The maximum Gasteiger partial charge on any atom is 0.338 e. The quantitative estimate of drug-likeness (QED) is 0.222. The number of methoxy groups -OCH3 is 1. The minimum atomic E-state index is -0.772. The zero-order valence-electron chi connectivity index (χ0n) is 26.5. The molecule has 3 aromatic rings. The van der Waals surface area contributed by atoms with Crippen LogP contribution in [0, 0.1) is 18.3 Å². The summed E-state index contributed by atoms with van der Waals surface area (Å²) in [5, 5.41) is 0. The third kappa shape index (κ3) is 6.93. The Balaban J connectivity index is 1.37. The van der Waals surface area contributed by atoms with Gasteiger partial charge in [0.1, 0.15) is 5.92 Å². The lowest BCUT2D eigenvalue weighted by Crippen LogP contribution is -2.52. The lowest BCUT2D eigenvalue weighted by Gasteiger charge is -2.42. The fraction of sp³-hybridized carbons (Fsp3) is 0.342. The second-order valence-corrected chi connectivity index (χ2v) is 11.6. The zero-order valence-corrected chi connectivity index (χ0v) is 26.5. The first-order valence-corrected chi connectivity index (χ1v) is 15.6. The molecule has 232 valence electrons. The molecule has 45 heavy (non-hydrogen) atoms. The second-order valence-electron chi connectivity index (χ2n) is 11.6. The first kappa shape index (κ1) is 31.9. The standard InChI is InChI=1S/C38H41N3O4/c1-6-28-15-14-20-31(25-28)35-33(37(42)44-5)26(3)39-27(4)34(35)38(43)45-32(7-2)40-21-23-41(24-22-40)36(29-16-10-8-11-17-29)30-18-12-9-13-19-30/h1,8-20,25,32-33,35-36H,7,21-24H2,2-5H3. The van der Waals surface area contributed by atoms with Crippen LogP contribution in [-0.2, 0) is 19.1 Å². The number of esters is 2. The Bertz CT molecular complexity index is 1560. The highest BCUT2D eigenvalue weighted by Gasteiger charge is 2.43. The third-order valence-corrected chi connectivity index (χ3v) is 8.86. The molecule has 7 nitrogen and oxygen atoms in total. The first-order chi connectivity index (χ1) is 21.9. The number of benzene rings is 3. The van der Waals surface area contributed by atoms with Crippen LogP contribution in [0.25, 0.3) is 0 Å². The Labute approximate surface area is 266 Å². The molecule has 0 amide bonds. The van der Waals surface area contributed by atoms with Crippen LogP contribution in [0.15, 0.2) is 101 Å². The highest BCUT2D eigenvalue weighted by atomic mass is 16.6. The maximum absolute atomic E-state index is 14.1. The first-order valence-electron chi connectivity index (χ1n) is 15.6. The Morgan fingerprint density at radius 1 is 0.911 bits per heavy atom. The van der Waals surface area contributed by atoms with Crippen LogP contribution in [0.1, 0.15) is 61.4 Å². The lowest BCUT2D eigenvalue weighted by molar-refractivity contribution is -0.157. The molecule has 0 aliphatic carbocycles. The minimum Gasteiger partial charge on any atom is -0.468 e. The normalized spacial score (nSPS) is 19.9. The Hall–Kier alpha value is -4.51. The van der Waals surface area contributed by atoms with Crippen molar-refractivity contribution in [2.45, 2.75) is 45.4 Å². The number of piperazine rings is 1. The Kier molecular flexibility index (Phi) is 10.3. The highest BCUT2D eigenvalue weighted by molar-refractivity contribution is 6.07. The van der Waals surface area contributed by atoms with E-state index < -0.39 is 30.0 Å². The molecule has 3 unspecified atom stereocenters. The number of nitrogens with zero attached hydrogens (tertiary/aromatic N) is 3. The van der Waals surface area contributed by atoms with Crippen LogP contribution in [0.3, 0.4) is 0 Å². The summed E-state index contributed by atoms with van der Waals surface area (Å²) in [4.78, 5) is 36.5. The largest absolute Gasteiger partial charge is 0.468 e. The van der Waals surface area contributed by atoms with E-state index in [0.717, 1.165) is 31.7 Å². The van der Waals surface area contributed by atoms with Gasteiger partial charge >= 0.3 is 11.9 Å². The minimum absolute atomic E-state index is 0.142. The summed E-state index contributed by atoms with van der Waals surface area (Å²) in [6.45, 7) is 8.73. The number of allylic oxidation sites excluding steroid dienone is 1. The summed E-state index contributed by atoms with van der Waals surface area (Å²) < 4.78 is 11.4. The van der Waals surface area contributed by atoms with Gasteiger partial charge in [0, 0.05) is 49.1 Å². The number of aliphatic imine (C=N–C) groups is 1. The van der Waals surface area contributed by atoms with Gasteiger partial charge in [0.05, 0.1) is 18.7 Å². The van der Waals surface area contributed by atoms with E-state index in [1.54, 1.807) is 13.8 Å². The number of ether oxygens (including phenoxy) is 2. The predicted molar refractivity (Wildman–Crippen MR) is 176 cm³/mol. The van der Waals surface area contributed by atoms with Crippen molar-refractivity contribution in [3.05, 3.63) is 118 Å². The Morgan fingerprint density at radius 3 is 2.07 bits per heavy atom. The molecule has 0 spiro atoms. The van der Waals surface area contributed by atoms with Crippen molar-refractivity contribution in [1.82, 2.24) is 9.80 Å².